The van der Waals surface area contributed by atoms with Crippen LogP contribution in [0.15, 0.2) is 24.5 Å². The number of hydrogen-bond donors (Lipinski definition) is 0. The molecule has 8 nitrogen and oxygen atoms in total. The number of methoxy groups -OCH3 is 1. The molecule has 38 heavy (non-hydrogen) atoms. The van der Waals surface area contributed by atoms with E-state index in [1.54, 1.807) is 18.3 Å². The van der Waals surface area contributed by atoms with E-state index in [4.69, 9.17) is 18.9 Å². The summed E-state index contributed by atoms with van der Waals surface area (Å²) in [5.41, 5.74) is 2.05. The molecular formula is C27H34F3N3O5. The molecule has 1 saturated heterocycles. The highest BCUT2D eigenvalue weighted by atomic mass is 19.4. The van der Waals surface area contributed by atoms with Crippen molar-refractivity contribution in [2.24, 2.45) is 5.92 Å². The molecular weight excluding hydrogens is 503 g/mol. The highest BCUT2D eigenvalue weighted by Gasteiger charge is 2.31. The van der Waals surface area contributed by atoms with Crippen molar-refractivity contribution < 1.29 is 36.9 Å². The van der Waals surface area contributed by atoms with E-state index in [1.807, 2.05) is 6.92 Å². The molecule has 1 fully saturated rings. The molecule has 0 N–H and O–H groups in total. The summed E-state index contributed by atoms with van der Waals surface area (Å²) >= 11 is 0. The number of pyridine rings is 2. The van der Waals surface area contributed by atoms with Gasteiger partial charge in [-0.25, -0.2) is 9.97 Å². The number of alkyl halides is 3. The normalized spacial score (nSPS) is 19.9. The molecule has 0 radical (unpaired) electrons. The summed E-state index contributed by atoms with van der Waals surface area (Å²) in [7, 11) is 1.49. The third-order valence-corrected chi connectivity index (χ3v) is 7.00. The number of carbonyl (C=O) groups is 1. The van der Waals surface area contributed by atoms with Gasteiger partial charge in [0.1, 0.15) is 18.0 Å². The maximum atomic E-state index is 12.8. The fraction of sp³-hybridized carbons (Fsp3) is 0.593. The van der Waals surface area contributed by atoms with Gasteiger partial charge in [-0.2, -0.15) is 13.2 Å². The molecule has 2 aromatic rings. The number of halogens is 3. The smallest absolute Gasteiger partial charge is 0.389 e. The third-order valence-electron chi connectivity index (χ3n) is 7.00. The van der Waals surface area contributed by atoms with Crippen LogP contribution < -0.4 is 19.1 Å². The van der Waals surface area contributed by atoms with E-state index in [-0.39, 0.29) is 24.4 Å². The van der Waals surface area contributed by atoms with Gasteiger partial charge in [0.25, 0.3) is 0 Å². The van der Waals surface area contributed by atoms with Crippen molar-refractivity contribution in [1.82, 2.24) is 9.97 Å². The molecule has 11 heteroatoms. The van der Waals surface area contributed by atoms with Gasteiger partial charge in [0, 0.05) is 62.4 Å². The van der Waals surface area contributed by atoms with Gasteiger partial charge in [-0.3, -0.25) is 4.79 Å². The van der Waals surface area contributed by atoms with Crippen LogP contribution in [0.1, 0.15) is 63.2 Å². The van der Waals surface area contributed by atoms with Crippen LogP contribution in [-0.2, 0) is 16.0 Å². The first-order valence-electron chi connectivity index (χ1n) is 13.0. The van der Waals surface area contributed by atoms with Crippen LogP contribution in [-0.4, -0.2) is 55.0 Å². The topological polar surface area (TPSA) is 83.0 Å². The van der Waals surface area contributed by atoms with Gasteiger partial charge in [-0.15, -0.1) is 0 Å². The highest BCUT2D eigenvalue weighted by Crippen LogP contribution is 2.39. The standard InChI is InChI=1S/C27H34F3N3O5/c1-4-20-11-23(37-17(2)34)21-12-26(32-15-24(21)38-20)36-16-18-6-9-33(10-7-18)22-13-25(35-3)31-14-19(22)5-8-27(28,29)30/h12-15,18,20,23H,4-11,16H2,1-3H3. The zero-order chi connectivity index (χ0) is 27.3. The minimum atomic E-state index is -4.23. The summed E-state index contributed by atoms with van der Waals surface area (Å²) in [6.07, 6.45) is 0.399. The van der Waals surface area contributed by atoms with Gasteiger partial charge in [0.15, 0.2) is 0 Å². The fourth-order valence-corrected chi connectivity index (χ4v) is 4.90. The van der Waals surface area contributed by atoms with Crippen molar-refractivity contribution in [3.8, 4) is 17.5 Å². The molecule has 0 amide bonds. The van der Waals surface area contributed by atoms with Crippen LogP contribution in [0.5, 0.6) is 17.5 Å². The van der Waals surface area contributed by atoms with Gasteiger partial charge in [-0.05, 0) is 37.2 Å². The largest absolute Gasteiger partial charge is 0.488 e. The second-order valence-corrected chi connectivity index (χ2v) is 9.75. The van der Waals surface area contributed by atoms with Crippen LogP contribution in [0, 0.1) is 5.92 Å². The number of rotatable bonds is 9. The SMILES string of the molecule is CCC1CC(OC(C)=O)c2cc(OCC3CCN(c4cc(OC)ncc4CCC(F)(F)F)CC3)ncc2O1. The van der Waals surface area contributed by atoms with Crippen molar-refractivity contribution in [2.45, 2.75) is 70.8 Å². The molecule has 4 rings (SSSR count). The second-order valence-electron chi connectivity index (χ2n) is 9.75. The zero-order valence-electron chi connectivity index (χ0n) is 21.9. The van der Waals surface area contributed by atoms with Gasteiger partial charge < -0.3 is 23.8 Å². The molecule has 2 aliphatic heterocycles. The minimum Gasteiger partial charge on any atom is -0.488 e. The number of fused-ring (bicyclic) bond motifs is 1. The number of anilines is 1. The van der Waals surface area contributed by atoms with E-state index in [1.165, 1.54) is 20.2 Å². The lowest BCUT2D eigenvalue weighted by molar-refractivity contribution is -0.149. The van der Waals surface area contributed by atoms with Crippen LogP contribution in [0.4, 0.5) is 18.9 Å². The Morgan fingerprint density at radius 2 is 1.89 bits per heavy atom. The number of nitrogens with zero attached hydrogens (tertiary/aromatic N) is 3. The zero-order valence-corrected chi connectivity index (χ0v) is 21.9. The molecule has 4 heterocycles. The van der Waals surface area contributed by atoms with Gasteiger partial charge in [-0.1, -0.05) is 6.92 Å². The molecule has 0 spiro atoms. The number of hydrogen-bond acceptors (Lipinski definition) is 8. The van der Waals surface area contributed by atoms with Crippen molar-refractivity contribution >= 4 is 11.7 Å². The molecule has 2 aromatic heterocycles. The molecule has 2 aliphatic rings. The molecule has 2 atom stereocenters. The van der Waals surface area contributed by atoms with Crippen molar-refractivity contribution in [3.05, 3.63) is 35.7 Å². The predicted octanol–water partition coefficient (Wildman–Crippen LogP) is 5.44. The summed E-state index contributed by atoms with van der Waals surface area (Å²) in [6, 6.07) is 3.49. The minimum absolute atomic E-state index is 0.0417. The van der Waals surface area contributed by atoms with Gasteiger partial charge >= 0.3 is 12.1 Å². The van der Waals surface area contributed by atoms with Crippen LogP contribution in [0.2, 0.25) is 0 Å². The Morgan fingerprint density at radius 1 is 1.16 bits per heavy atom. The number of ether oxygens (including phenoxy) is 4. The Balaban J connectivity index is 1.36. The van der Waals surface area contributed by atoms with E-state index >= 15 is 0 Å². The third kappa shape index (κ3) is 7.20. The average Bonchev–Trinajstić information content (AvgIpc) is 2.90. The number of piperidine rings is 1. The Morgan fingerprint density at radius 3 is 2.55 bits per heavy atom. The highest BCUT2D eigenvalue weighted by molar-refractivity contribution is 5.66. The van der Waals surface area contributed by atoms with E-state index in [0.717, 1.165) is 30.5 Å². The summed E-state index contributed by atoms with van der Waals surface area (Å²) in [5, 5.41) is 0. The fourth-order valence-electron chi connectivity index (χ4n) is 4.90. The summed E-state index contributed by atoms with van der Waals surface area (Å²) in [5.74, 6) is 1.33. The maximum absolute atomic E-state index is 12.8. The lowest BCUT2D eigenvalue weighted by Crippen LogP contribution is -2.36. The summed E-state index contributed by atoms with van der Waals surface area (Å²) in [4.78, 5) is 22.2. The first-order chi connectivity index (χ1) is 18.1. The first kappa shape index (κ1) is 27.8. The number of esters is 1. The Hall–Kier alpha value is -3.24. The van der Waals surface area contributed by atoms with E-state index in [2.05, 4.69) is 14.9 Å². The Labute approximate surface area is 220 Å². The van der Waals surface area contributed by atoms with Crippen LogP contribution >= 0.6 is 0 Å². The van der Waals surface area contributed by atoms with E-state index in [9.17, 15) is 18.0 Å². The lowest BCUT2D eigenvalue weighted by Gasteiger charge is -2.35. The molecule has 2 unspecified atom stereocenters. The van der Waals surface area contributed by atoms with Gasteiger partial charge in [0.05, 0.1) is 19.9 Å². The van der Waals surface area contributed by atoms with Crippen LogP contribution in [0.3, 0.4) is 0 Å². The summed E-state index contributed by atoms with van der Waals surface area (Å²) < 4.78 is 61.2. The van der Waals surface area contributed by atoms with Gasteiger partial charge in [0.2, 0.25) is 11.8 Å². The summed E-state index contributed by atoms with van der Waals surface area (Å²) in [6.45, 7) is 5.22. The molecule has 208 valence electrons. The second kappa shape index (κ2) is 12.1. The van der Waals surface area contributed by atoms with E-state index in [0.29, 0.717) is 49.2 Å². The van der Waals surface area contributed by atoms with Crippen molar-refractivity contribution in [1.29, 1.82) is 0 Å². The Bertz CT molecular complexity index is 1110. The van der Waals surface area contributed by atoms with Crippen molar-refractivity contribution in [3.63, 3.8) is 0 Å². The molecule has 0 saturated carbocycles. The predicted molar refractivity (Wildman–Crippen MR) is 134 cm³/mol. The first-order valence-corrected chi connectivity index (χ1v) is 13.0. The van der Waals surface area contributed by atoms with Crippen molar-refractivity contribution in [2.75, 3.05) is 31.7 Å². The molecule has 0 aliphatic carbocycles. The number of aryl methyl sites for hydroxylation is 1. The maximum Gasteiger partial charge on any atom is 0.389 e. The van der Waals surface area contributed by atoms with E-state index < -0.39 is 18.7 Å². The average molecular weight is 538 g/mol. The lowest BCUT2D eigenvalue weighted by atomic mass is 9.96. The number of aromatic nitrogens is 2. The number of carbonyl (C=O) groups excluding carboxylic acids is 1. The van der Waals surface area contributed by atoms with Crippen LogP contribution in [0.25, 0.3) is 0 Å². The molecule has 0 bridgehead atoms. The quantitative estimate of drug-likeness (QED) is 0.391. The monoisotopic (exact) mass is 537 g/mol. The Kier molecular flexibility index (Phi) is 8.83. The molecule has 0 aromatic carbocycles.